The van der Waals surface area contributed by atoms with Crippen molar-refractivity contribution in [2.24, 2.45) is 0 Å². The summed E-state index contributed by atoms with van der Waals surface area (Å²) < 4.78 is 5.54. The van der Waals surface area contributed by atoms with E-state index < -0.39 is 28.6 Å². The van der Waals surface area contributed by atoms with E-state index in [4.69, 9.17) is 4.74 Å². The molecule has 1 heterocycles. The lowest BCUT2D eigenvalue weighted by Gasteiger charge is -2.20. The number of carbonyl (C=O) groups excluding carboxylic acids is 2. The third-order valence-electron chi connectivity index (χ3n) is 4.16. The Kier molecular flexibility index (Phi) is 4.51. The number of nitrogens with zero attached hydrogens (tertiary/aromatic N) is 1. The molecule has 0 unspecified atom stereocenters. The van der Waals surface area contributed by atoms with Crippen LogP contribution in [0.2, 0.25) is 0 Å². The second-order valence-corrected chi connectivity index (χ2v) is 6.66. The van der Waals surface area contributed by atoms with E-state index in [9.17, 15) is 24.8 Å². The molecule has 0 saturated heterocycles. The number of nitrogens with one attached hydrogen (secondary N) is 1. The molecule has 26 heavy (non-hydrogen) atoms. The predicted molar refractivity (Wildman–Crippen MR) is 95.3 cm³/mol. The number of methoxy groups -OCH3 is 1. The van der Waals surface area contributed by atoms with E-state index in [0.29, 0.717) is 10.2 Å². The van der Waals surface area contributed by atoms with Crippen LogP contribution in [-0.4, -0.2) is 28.8 Å². The van der Waals surface area contributed by atoms with E-state index in [2.05, 4.69) is 21.2 Å². The number of halogens is 1. The molecule has 0 radical (unpaired) electrons. The lowest BCUT2D eigenvalue weighted by atomic mass is 9.88. The van der Waals surface area contributed by atoms with Gasteiger partial charge < -0.3 is 15.2 Å². The number of Topliss-reactive ketones (excluding diaryl/α,β-unsaturated/α-hetero) is 1. The van der Waals surface area contributed by atoms with E-state index in [1.54, 1.807) is 18.2 Å². The third-order valence-corrected chi connectivity index (χ3v) is 4.66. The first kappa shape index (κ1) is 18.0. The Morgan fingerprint density at radius 2 is 2.08 bits per heavy atom. The van der Waals surface area contributed by atoms with Crippen molar-refractivity contribution in [3.8, 4) is 5.75 Å². The van der Waals surface area contributed by atoms with Crippen LogP contribution in [0.5, 0.6) is 5.75 Å². The zero-order valence-electron chi connectivity index (χ0n) is 13.5. The molecular formula is C17H13BrN2O6. The number of aliphatic hydroxyl groups is 1. The number of hydrogen-bond donors (Lipinski definition) is 2. The number of nitro groups is 1. The van der Waals surface area contributed by atoms with E-state index >= 15 is 0 Å². The van der Waals surface area contributed by atoms with Crippen LogP contribution in [-0.2, 0) is 10.4 Å². The van der Waals surface area contributed by atoms with E-state index in [0.717, 1.165) is 6.07 Å². The summed E-state index contributed by atoms with van der Waals surface area (Å²) in [4.78, 5) is 35.3. The Balaban J connectivity index is 1.96. The van der Waals surface area contributed by atoms with Crippen LogP contribution in [0.15, 0.2) is 40.9 Å². The molecule has 0 spiro atoms. The van der Waals surface area contributed by atoms with Crippen molar-refractivity contribution in [1.82, 2.24) is 0 Å². The molecule has 3 rings (SSSR count). The molecule has 2 N–H and O–H groups in total. The van der Waals surface area contributed by atoms with Gasteiger partial charge >= 0.3 is 5.69 Å². The lowest BCUT2D eigenvalue weighted by molar-refractivity contribution is -0.385. The summed E-state index contributed by atoms with van der Waals surface area (Å²) >= 11 is 3.26. The third kappa shape index (κ3) is 2.95. The monoisotopic (exact) mass is 420 g/mol. The molecule has 0 bridgehead atoms. The molecule has 0 saturated carbocycles. The van der Waals surface area contributed by atoms with Gasteiger partial charge in [-0.3, -0.25) is 19.7 Å². The summed E-state index contributed by atoms with van der Waals surface area (Å²) in [5, 5.41) is 24.5. The molecule has 1 aliphatic heterocycles. The van der Waals surface area contributed by atoms with Crippen LogP contribution in [0.3, 0.4) is 0 Å². The maximum Gasteiger partial charge on any atom is 0.311 e. The fourth-order valence-corrected chi connectivity index (χ4v) is 3.19. The zero-order valence-corrected chi connectivity index (χ0v) is 15.1. The Hall–Kier alpha value is -2.78. The number of benzene rings is 2. The van der Waals surface area contributed by atoms with Crippen LogP contribution in [0.4, 0.5) is 11.4 Å². The van der Waals surface area contributed by atoms with Gasteiger partial charge in [0.25, 0.3) is 5.91 Å². The summed E-state index contributed by atoms with van der Waals surface area (Å²) in [6.45, 7) is 0. The second kappa shape index (κ2) is 6.50. The number of carbonyl (C=O) groups is 2. The highest BCUT2D eigenvalue weighted by Crippen LogP contribution is 2.40. The first-order valence-electron chi connectivity index (χ1n) is 7.46. The summed E-state index contributed by atoms with van der Waals surface area (Å²) in [6.07, 6.45) is -0.550. The Labute approximate surface area is 156 Å². The summed E-state index contributed by atoms with van der Waals surface area (Å²) in [6, 6.07) is 8.58. The average Bonchev–Trinajstić information content (AvgIpc) is 2.85. The number of ketones is 1. The fraction of sp³-hybridized carbons (Fsp3) is 0.176. The fourth-order valence-electron chi connectivity index (χ4n) is 2.83. The van der Waals surface area contributed by atoms with Gasteiger partial charge in [0.05, 0.1) is 18.5 Å². The first-order valence-corrected chi connectivity index (χ1v) is 8.25. The standard InChI is InChI=1S/C17H13BrN2O6/c1-26-15-5-2-9(6-13(15)20(24)25)14(21)8-17(23)11-7-10(18)3-4-12(11)19-16(17)22/h2-7,23H,8H2,1H3,(H,19,22)/t17-/m1/s1. The van der Waals surface area contributed by atoms with E-state index in [-0.39, 0.29) is 22.6 Å². The number of hydrogen-bond acceptors (Lipinski definition) is 6. The second-order valence-electron chi connectivity index (χ2n) is 5.75. The molecule has 134 valence electrons. The van der Waals surface area contributed by atoms with Crippen LogP contribution in [0.25, 0.3) is 0 Å². The van der Waals surface area contributed by atoms with Crippen molar-refractivity contribution in [3.63, 3.8) is 0 Å². The van der Waals surface area contributed by atoms with Gasteiger partial charge in [0, 0.05) is 27.4 Å². The summed E-state index contributed by atoms with van der Waals surface area (Å²) in [5.41, 5.74) is -1.74. The molecule has 1 aliphatic rings. The average molecular weight is 421 g/mol. The van der Waals surface area contributed by atoms with Gasteiger partial charge in [-0.15, -0.1) is 0 Å². The molecule has 0 fully saturated rings. The van der Waals surface area contributed by atoms with Crippen molar-refractivity contribution in [2.45, 2.75) is 12.0 Å². The smallest absolute Gasteiger partial charge is 0.311 e. The van der Waals surface area contributed by atoms with Gasteiger partial charge in [-0.2, -0.15) is 0 Å². The highest BCUT2D eigenvalue weighted by atomic mass is 79.9. The Morgan fingerprint density at radius 3 is 2.73 bits per heavy atom. The van der Waals surface area contributed by atoms with Gasteiger partial charge in [-0.1, -0.05) is 15.9 Å². The minimum absolute atomic E-state index is 0.00201. The maximum absolute atomic E-state index is 12.6. The lowest BCUT2D eigenvalue weighted by Crippen LogP contribution is -2.36. The van der Waals surface area contributed by atoms with Gasteiger partial charge in [0.2, 0.25) is 0 Å². The molecule has 0 aromatic heterocycles. The topological polar surface area (TPSA) is 119 Å². The number of nitro benzene ring substituents is 1. The molecule has 0 aliphatic carbocycles. The van der Waals surface area contributed by atoms with Crippen molar-refractivity contribution < 1.29 is 24.4 Å². The molecule has 8 nitrogen and oxygen atoms in total. The minimum Gasteiger partial charge on any atom is -0.490 e. The summed E-state index contributed by atoms with van der Waals surface area (Å²) in [7, 11) is 1.28. The number of fused-ring (bicyclic) bond motifs is 1. The summed E-state index contributed by atoms with van der Waals surface area (Å²) in [5.74, 6) is -1.32. The number of anilines is 1. The normalized spacial score (nSPS) is 18.2. The number of ether oxygens (including phenoxy) is 1. The van der Waals surface area contributed by atoms with E-state index in [1.807, 2.05) is 0 Å². The van der Waals surface area contributed by atoms with Crippen molar-refractivity contribution in [2.75, 3.05) is 12.4 Å². The predicted octanol–water partition coefficient (Wildman–Crippen LogP) is 2.78. The van der Waals surface area contributed by atoms with Crippen molar-refractivity contribution in [1.29, 1.82) is 0 Å². The molecule has 1 atom stereocenters. The van der Waals surface area contributed by atoms with Gasteiger partial charge in [0.15, 0.2) is 17.1 Å². The molecule has 2 aromatic carbocycles. The largest absolute Gasteiger partial charge is 0.490 e. The quantitative estimate of drug-likeness (QED) is 0.436. The van der Waals surface area contributed by atoms with Gasteiger partial charge in [0.1, 0.15) is 0 Å². The van der Waals surface area contributed by atoms with Crippen LogP contribution < -0.4 is 10.1 Å². The molecule has 2 aromatic rings. The number of amides is 1. The molecule has 1 amide bonds. The van der Waals surface area contributed by atoms with Crippen molar-refractivity contribution in [3.05, 3.63) is 62.1 Å². The Morgan fingerprint density at radius 1 is 1.35 bits per heavy atom. The minimum atomic E-state index is -2.05. The molecule has 9 heteroatoms. The van der Waals surface area contributed by atoms with Gasteiger partial charge in [-0.05, 0) is 30.3 Å². The van der Waals surface area contributed by atoms with E-state index in [1.165, 1.54) is 19.2 Å². The first-order chi connectivity index (χ1) is 12.3. The van der Waals surface area contributed by atoms with Crippen LogP contribution >= 0.6 is 15.9 Å². The van der Waals surface area contributed by atoms with Crippen LogP contribution in [0.1, 0.15) is 22.3 Å². The number of rotatable bonds is 5. The van der Waals surface area contributed by atoms with Crippen LogP contribution in [0, 0.1) is 10.1 Å². The van der Waals surface area contributed by atoms with Crippen molar-refractivity contribution >= 4 is 39.0 Å². The Bertz CT molecular complexity index is 945. The zero-order chi connectivity index (χ0) is 19.1. The maximum atomic E-state index is 12.6. The SMILES string of the molecule is COc1ccc(C(=O)C[C@]2(O)C(=O)Nc3ccc(Br)cc32)cc1[N+](=O)[O-]. The highest BCUT2D eigenvalue weighted by molar-refractivity contribution is 9.10. The highest BCUT2D eigenvalue weighted by Gasteiger charge is 2.47. The molecular weight excluding hydrogens is 408 g/mol. The van der Waals surface area contributed by atoms with Gasteiger partial charge in [-0.25, -0.2) is 0 Å².